The summed E-state index contributed by atoms with van der Waals surface area (Å²) in [4.78, 5) is 12.5. The lowest BCUT2D eigenvalue weighted by Gasteiger charge is -2.20. The van der Waals surface area contributed by atoms with E-state index >= 15 is 0 Å². The lowest BCUT2D eigenvalue weighted by Crippen LogP contribution is -2.10. The first-order chi connectivity index (χ1) is 10.7. The summed E-state index contributed by atoms with van der Waals surface area (Å²) in [5.41, 5.74) is 0.346. The molecular formula is C18H20O3S. The summed E-state index contributed by atoms with van der Waals surface area (Å²) < 4.78 is 5.38. The van der Waals surface area contributed by atoms with Crippen molar-refractivity contribution in [2.24, 2.45) is 5.92 Å². The van der Waals surface area contributed by atoms with Crippen molar-refractivity contribution in [2.75, 3.05) is 5.75 Å². The topological polar surface area (TPSA) is 50.4 Å². The maximum absolute atomic E-state index is 12.2. The fourth-order valence-corrected chi connectivity index (χ4v) is 4.00. The van der Waals surface area contributed by atoms with E-state index in [4.69, 9.17) is 4.42 Å². The monoisotopic (exact) mass is 316 g/mol. The normalized spacial score (nSPS) is 15.8. The van der Waals surface area contributed by atoms with Crippen LogP contribution in [0, 0.1) is 5.92 Å². The molecule has 3 rings (SSSR count). The van der Waals surface area contributed by atoms with Crippen LogP contribution in [0.5, 0.6) is 5.75 Å². The molecule has 1 fully saturated rings. The molecule has 0 radical (unpaired) electrons. The van der Waals surface area contributed by atoms with Crippen LogP contribution < -0.4 is 5.63 Å². The highest BCUT2D eigenvalue weighted by molar-refractivity contribution is 7.99. The van der Waals surface area contributed by atoms with Gasteiger partial charge in [0.05, 0.1) is 0 Å². The van der Waals surface area contributed by atoms with E-state index in [0.717, 1.165) is 11.3 Å². The van der Waals surface area contributed by atoms with Crippen LogP contribution in [0.4, 0.5) is 0 Å². The van der Waals surface area contributed by atoms with E-state index in [1.165, 1.54) is 43.9 Å². The summed E-state index contributed by atoms with van der Waals surface area (Å²) in [7, 11) is 0. The van der Waals surface area contributed by atoms with Crippen LogP contribution in [0.15, 0.2) is 50.5 Å². The van der Waals surface area contributed by atoms with Gasteiger partial charge in [-0.2, -0.15) is 0 Å². The van der Waals surface area contributed by atoms with Crippen LogP contribution in [0.2, 0.25) is 0 Å². The molecule has 22 heavy (non-hydrogen) atoms. The zero-order valence-electron chi connectivity index (χ0n) is 12.5. The van der Waals surface area contributed by atoms with Crippen LogP contribution in [-0.4, -0.2) is 10.9 Å². The maximum Gasteiger partial charge on any atom is 0.353 e. The Morgan fingerprint density at radius 3 is 2.55 bits per heavy atom. The van der Waals surface area contributed by atoms with E-state index in [0.29, 0.717) is 16.6 Å². The molecule has 0 atom stereocenters. The Morgan fingerprint density at radius 2 is 1.86 bits per heavy atom. The van der Waals surface area contributed by atoms with Crippen LogP contribution in [0.25, 0.3) is 11.3 Å². The lowest BCUT2D eigenvalue weighted by atomic mass is 9.91. The van der Waals surface area contributed by atoms with Crippen LogP contribution in [0.1, 0.15) is 32.1 Å². The molecule has 3 nitrogen and oxygen atoms in total. The van der Waals surface area contributed by atoms with Crippen molar-refractivity contribution in [2.45, 2.75) is 37.0 Å². The van der Waals surface area contributed by atoms with Gasteiger partial charge in [-0.15, -0.1) is 11.8 Å². The number of hydrogen-bond donors (Lipinski definition) is 1. The minimum absolute atomic E-state index is 0.0240. The summed E-state index contributed by atoms with van der Waals surface area (Å²) >= 11 is 1.43. The van der Waals surface area contributed by atoms with Crippen molar-refractivity contribution in [3.8, 4) is 17.1 Å². The fourth-order valence-electron chi connectivity index (χ4n) is 2.90. The van der Waals surface area contributed by atoms with Gasteiger partial charge in [0.25, 0.3) is 0 Å². The third-order valence-electron chi connectivity index (χ3n) is 4.13. The zero-order chi connectivity index (χ0) is 15.4. The highest BCUT2D eigenvalue weighted by Crippen LogP contribution is 2.33. The largest absolute Gasteiger partial charge is 0.506 e. The molecule has 1 aliphatic carbocycles. The van der Waals surface area contributed by atoms with E-state index in [1.807, 2.05) is 30.3 Å². The molecular weight excluding hydrogens is 296 g/mol. The van der Waals surface area contributed by atoms with E-state index in [9.17, 15) is 9.90 Å². The van der Waals surface area contributed by atoms with Crippen molar-refractivity contribution in [3.05, 3.63) is 46.8 Å². The van der Waals surface area contributed by atoms with Gasteiger partial charge in [0, 0.05) is 17.4 Å². The summed E-state index contributed by atoms with van der Waals surface area (Å²) in [6.07, 6.45) is 6.32. The SMILES string of the molecule is O=c1oc(-c2ccccc2)cc(O)c1SCC1CCCCC1. The van der Waals surface area contributed by atoms with Crippen molar-refractivity contribution in [1.29, 1.82) is 0 Å². The van der Waals surface area contributed by atoms with Crippen LogP contribution >= 0.6 is 11.8 Å². The van der Waals surface area contributed by atoms with Gasteiger partial charge in [0.15, 0.2) is 0 Å². The first kappa shape index (κ1) is 15.2. The molecule has 1 aliphatic rings. The van der Waals surface area contributed by atoms with Gasteiger partial charge in [-0.05, 0) is 18.8 Å². The first-order valence-corrected chi connectivity index (χ1v) is 8.78. The fraction of sp³-hybridized carbons (Fsp3) is 0.389. The quantitative estimate of drug-likeness (QED) is 0.832. The van der Waals surface area contributed by atoms with Gasteiger partial charge in [-0.25, -0.2) is 4.79 Å². The summed E-state index contributed by atoms with van der Waals surface area (Å²) in [5.74, 6) is 1.95. The number of hydrogen-bond acceptors (Lipinski definition) is 4. The second kappa shape index (κ2) is 7.05. The predicted molar refractivity (Wildman–Crippen MR) is 89.4 cm³/mol. The Labute approximate surface area is 134 Å². The Hall–Kier alpha value is -1.68. The average molecular weight is 316 g/mol. The van der Waals surface area contributed by atoms with Gasteiger partial charge in [-0.1, -0.05) is 49.6 Å². The molecule has 0 spiro atoms. The van der Waals surface area contributed by atoms with Crippen molar-refractivity contribution >= 4 is 11.8 Å². The van der Waals surface area contributed by atoms with E-state index in [2.05, 4.69) is 0 Å². The van der Waals surface area contributed by atoms with Gasteiger partial charge in [-0.3, -0.25) is 0 Å². The summed E-state index contributed by atoms with van der Waals surface area (Å²) in [6, 6.07) is 10.9. The molecule has 116 valence electrons. The highest BCUT2D eigenvalue weighted by Gasteiger charge is 2.17. The zero-order valence-corrected chi connectivity index (χ0v) is 13.3. The van der Waals surface area contributed by atoms with E-state index < -0.39 is 5.63 Å². The van der Waals surface area contributed by atoms with Gasteiger partial charge >= 0.3 is 5.63 Å². The molecule has 0 bridgehead atoms. The lowest BCUT2D eigenvalue weighted by molar-refractivity contribution is 0.390. The van der Waals surface area contributed by atoms with Crippen LogP contribution in [-0.2, 0) is 0 Å². The molecule has 0 amide bonds. The minimum Gasteiger partial charge on any atom is -0.506 e. The van der Waals surface area contributed by atoms with Crippen LogP contribution in [0.3, 0.4) is 0 Å². The Kier molecular flexibility index (Phi) is 4.88. The second-order valence-corrected chi connectivity index (χ2v) is 6.82. The Morgan fingerprint density at radius 1 is 1.14 bits per heavy atom. The number of rotatable bonds is 4. The number of thioether (sulfide) groups is 1. The predicted octanol–water partition coefficient (Wildman–Crippen LogP) is 4.68. The third kappa shape index (κ3) is 3.55. The molecule has 0 aliphatic heterocycles. The number of aromatic hydroxyl groups is 1. The number of benzene rings is 1. The van der Waals surface area contributed by atoms with E-state index in [1.54, 1.807) is 6.07 Å². The second-order valence-electron chi connectivity index (χ2n) is 5.79. The Bertz CT molecular complexity index is 672. The van der Waals surface area contributed by atoms with Crippen molar-refractivity contribution < 1.29 is 9.52 Å². The molecule has 1 aromatic carbocycles. The van der Waals surface area contributed by atoms with Crippen molar-refractivity contribution in [1.82, 2.24) is 0 Å². The summed E-state index contributed by atoms with van der Waals surface area (Å²) in [6.45, 7) is 0. The molecule has 1 heterocycles. The van der Waals surface area contributed by atoms with E-state index in [-0.39, 0.29) is 5.75 Å². The minimum atomic E-state index is -0.445. The molecule has 1 saturated carbocycles. The van der Waals surface area contributed by atoms with Gasteiger partial charge in [0.1, 0.15) is 16.4 Å². The standard InChI is InChI=1S/C18H20O3S/c19-15-11-16(14-9-5-2-6-10-14)21-18(20)17(15)22-12-13-7-3-1-4-8-13/h2,5-6,9-11,13,19H,1,3-4,7-8,12H2. The molecule has 0 unspecified atom stereocenters. The molecule has 0 saturated heterocycles. The average Bonchev–Trinajstić information content (AvgIpc) is 2.56. The van der Waals surface area contributed by atoms with Crippen molar-refractivity contribution in [3.63, 3.8) is 0 Å². The van der Waals surface area contributed by atoms with Gasteiger partial charge in [0.2, 0.25) is 0 Å². The molecule has 4 heteroatoms. The Balaban J connectivity index is 1.76. The molecule has 1 N–H and O–H groups in total. The van der Waals surface area contributed by atoms with Gasteiger partial charge < -0.3 is 9.52 Å². The molecule has 1 aromatic heterocycles. The third-order valence-corrected chi connectivity index (χ3v) is 5.44. The first-order valence-electron chi connectivity index (χ1n) is 7.79. The summed E-state index contributed by atoms with van der Waals surface area (Å²) in [5, 5.41) is 10.2. The highest BCUT2D eigenvalue weighted by atomic mass is 32.2. The maximum atomic E-state index is 12.2. The smallest absolute Gasteiger partial charge is 0.353 e. The molecule has 2 aromatic rings.